The van der Waals surface area contributed by atoms with Gasteiger partial charge in [-0.1, -0.05) is 6.07 Å². The van der Waals surface area contributed by atoms with Crippen LogP contribution >= 0.6 is 0 Å². The number of carbonyl (C=O) groups is 2. The zero-order chi connectivity index (χ0) is 17.7. The van der Waals surface area contributed by atoms with Crippen LogP contribution in [0.3, 0.4) is 0 Å². The van der Waals surface area contributed by atoms with Crippen LogP contribution in [-0.2, 0) is 4.74 Å². The van der Waals surface area contributed by atoms with Crippen molar-refractivity contribution in [2.45, 2.75) is 0 Å². The van der Waals surface area contributed by atoms with Crippen LogP contribution in [0, 0.1) is 5.82 Å². The number of methoxy groups -OCH3 is 1. The number of anilines is 1. The highest BCUT2D eigenvalue weighted by atomic mass is 19.1. The van der Waals surface area contributed by atoms with E-state index in [0.717, 1.165) is 11.8 Å². The molecule has 0 saturated carbocycles. The van der Waals surface area contributed by atoms with Crippen LogP contribution < -0.4 is 9.64 Å². The average molecular weight is 331 g/mol. The number of halogens is 1. The van der Waals surface area contributed by atoms with Gasteiger partial charge in [0.1, 0.15) is 11.6 Å². The van der Waals surface area contributed by atoms with Crippen molar-refractivity contribution in [3.63, 3.8) is 0 Å². The first kappa shape index (κ1) is 17.5. The third-order valence-electron chi connectivity index (χ3n) is 3.39. The molecule has 0 aliphatic rings. The maximum absolute atomic E-state index is 13.3. The van der Waals surface area contributed by atoms with E-state index < -0.39 is 24.2 Å². The zero-order valence-electron chi connectivity index (χ0n) is 13.7. The van der Waals surface area contributed by atoms with Gasteiger partial charge in [-0.05, 0) is 36.4 Å². The van der Waals surface area contributed by atoms with Crippen molar-refractivity contribution >= 4 is 17.4 Å². The number of carbonyl (C=O) groups excluding carboxylic acids is 2. The van der Waals surface area contributed by atoms with Crippen LogP contribution in [0.2, 0.25) is 0 Å². The fourth-order valence-corrected chi connectivity index (χ4v) is 2.10. The first-order valence-corrected chi connectivity index (χ1v) is 7.23. The Balaban J connectivity index is 2.08. The van der Waals surface area contributed by atoms with Crippen molar-refractivity contribution in [2.24, 2.45) is 0 Å². The topological polar surface area (TPSA) is 55.8 Å². The number of nitrogens with zero attached hydrogens (tertiary/aromatic N) is 1. The maximum Gasteiger partial charge on any atom is 0.338 e. The van der Waals surface area contributed by atoms with Crippen LogP contribution in [0.15, 0.2) is 42.5 Å². The Hall–Kier alpha value is -2.89. The molecule has 2 aromatic rings. The first-order valence-electron chi connectivity index (χ1n) is 7.23. The lowest BCUT2D eigenvalue weighted by Crippen LogP contribution is -2.16. The highest BCUT2D eigenvalue weighted by Gasteiger charge is 2.16. The van der Waals surface area contributed by atoms with E-state index in [9.17, 15) is 14.0 Å². The van der Waals surface area contributed by atoms with E-state index in [4.69, 9.17) is 9.47 Å². The monoisotopic (exact) mass is 331 g/mol. The summed E-state index contributed by atoms with van der Waals surface area (Å²) in [7, 11) is 5.08. The number of Topliss-reactive ketones (excluding diaryl/α,β-unsaturated/α-hetero) is 1. The second-order valence-electron chi connectivity index (χ2n) is 5.29. The minimum absolute atomic E-state index is 0.0346. The molecule has 24 heavy (non-hydrogen) atoms. The summed E-state index contributed by atoms with van der Waals surface area (Å²) in [6.07, 6.45) is 0. The molecule has 0 bridgehead atoms. The Kier molecular flexibility index (Phi) is 5.52. The zero-order valence-corrected chi connectivity index (χ0v) is 13.7. The summed E-state index contributed by atoms with van der Waals surface area (Å²) < 4.78 is 23.4. The van der Waals surface area contributed by atoms with Crippen molar-refractivity contribution in [3.8, 4) is 5.75 Å². The lowest BCUT2D eigenvalue weighted by Gasteiger charge is -2.13. The normalized spacial score (nSPS) is 10.2. The summed E-state index contributed by atoms with van der Waals surface area (Å²) in [6, 6.07) is 10.4. The number of benzene rings is 2. The minimum Gasteiger partial charge on any atom is -0.496 e. The molecule has 0 atom stereocenters. The van der Waals surface area contributed by atoms with E-state index in [0.29, 0.717) is 5.56 Å². The quantitative estimate of drug-likeness (QED) is 0.602. The SMILES string of the molecule is COc1ccc(F)cc1C(=O)COC(=O)c1cccc(N(C)C)c1. The highest BCUT2D eigenvalue weighted by molar-refractivity contribution is 6.01. The molecule has 2 aromatic carbocycles. The van der Waals surface area contributed by atoms with Crippen LogP contribution in [0.5, 0.6) is 5.75 Å². The van der Waals surface area contributed by atoms with E-state index in [1.807, 2.05) is 25.1 Å². The first-order chi connectivity index (χ1) is 11.4. The molecule has 0 aromatic heterocycles. The molecule has 0 spiro atoms. The van der Waals surface area contributed by atoms with Crippen molar-refractivity contribution < 1.29 is 23.5 Å². The third-order valence-corrected chi connectivity index (χ3v) is 3.39. The average Bonchev–Trinajstić information content (AvgIpc) is 2.59. The van der Waals surface area contributed by atoms with Crippen molar-refractivity contribution in [1.82, 2.24) is 0 Å². The second kappa shape index (κ2) is 7.59. The Morgan fingerprint density at radius 2 is 1.88 bits per heavy atom. The van der Waals surface area contributed by atoms with Crippen LogP contribution in [-0.4, -0.2) is 39.6 Å². The molecule has 0 radical (unpaired) electrons. The van der Waals surface area contributed by atoms with E-state index in [1.54, 1.807) is 18.2 Å². The standard InChI is InChI=1S/C18H18FNO4/c1-20(2)14-6-4-5-12(9-14)18(22)24-11-16(21)15-10-13(19)7-8-17(15)23-3/h4-10H,11H2,1-3H3. The third kappa shape index (κ3) is 4.10. The Labute approximate surface area is 139 Å². The molecule has 0 fully saturated rings. The number of ether oxygens (including phenoxy) is 2. The van der Waals surface area contributed by atoms with Gasteiger partial charge in [0.2, 0.25) is 5.78 Å². The van der Waals surface area contributed by atoms with Gasteiger partial charge in [0.25, 0.3) is 0 Å². The fraction of sp³-hybridized carbons (Fsp3) is 0.222. The number of ketones is 1. The summed E-state index contributed by atoms with van der Waals surface area (Å²) in [5.41, 5.74) is 1.20. The second-order valence-corrected chi connectivity index (χ2v) is 5.29. The molecule has 5 nitrogen and oxygen atoms in total. The number of esters is 1. The van der Waals surface area contributed by atoms with Crippen molar-refractivity contribution in [3.05, 3.63) is 59.4 Å². The molecule has 0 aliphatic carbocycles. The molecule has 0 unspecified atom stereocenters. The van der Waals surface area contributed by atoms with Crippen LogP contribution in [0.25, 0.3) is 0 Å². The van der Waals surface area contributed by atoms with E-state index >= 15 is 0 Å². The lowest BCUT2D eigenvalue weighted by atomic mass is 10.1. The van der Waals surface area contributed by atoms with Crippen LogP contribution in [0.1, 0.15) is 20.7 Å². The fourth-order valence-electron chi connectivity index (χ4n) is 2.10. The number of rotatable bonds is 6. The van der Waals surface area contributed by atoms with Crippen molar-refractivity contribution in [1.29, 1.82) is 0 Å². The molecule has 0 heterocycles. The Morgan fingerprint density at radius 3 is 2.54 bits per heavy atom. The van der Waals surface area contributed by atoms with Gasteiger partial charge in [-0.25, -0.2) is 9.18 Å². The predicted molar refractivity (Wildman–Crippen MR) is 88.3 cm³/mol. The maximum atomic E-state index is 13.3. The van der Waals surface area contributed by atoms with Crippen molar-refractivity contribution in [2.75, 3.05) is 32.7 Å². The molecular weight excluding hydrogens is 313 g/mol. The molecule has 0 N–H and O–H groups in total. The van der Waals surface area contributed by atoms with Gasteiger partial charge >= 0.3 is 5.97 Å². The Bertz CT molecular complexity index is 758. The predicted octanol–water partition coefficient (Wildman–Crippen LogP) is 2.94. The van der Waals surface area contributed by atoms with Gasteiger partial charge in [-0.2, -0.15) is 0 Å². The highest BCUT2D eigenvalue weighted by Crippen LogP contribution is 2.20. The summed E-state index contributed by atoms with van der Waals surface area (Å²) in [4.78, 5) is 26.1. The lowest BCUT2D eigenvalue weighted by molar-refractivity contribution is 0.0474. The van der Waals surface area contributed by atoms with Gasteiger partial charge in [0.05, 0.1) is 18.2 Å². The van der Waals surface area contributed by atoms with Crippen LogP contribution in [0.4, 0.5) is 10.1 Å². The van der Waals surface area contributed by atoms with E-state index in [2.05, 4.69) is 0 Å². The van der Waals surface area contributed by atoms with Gasteiger partial charge in [0.15, 0.2) is 6.61 Å². The smallest absolute Gasteiger partial charge is 0.338 e. The van der Waals surface area contributed by atoms with Gasteiger partial charge in [0, 0.05) is 19.8 Å². The molecule has 0 aliphatic heterocycles. The number of hydrogen-bond donors (Lipinski definition) is 0. The number of hydrogen-bond acceptors (Lipinski definition) is 5. The molecule has 0 saturated heterocycles. The summed E-state index contributed by atoms with van der Waals surface area (Å²) >= 11 is 0. The van der Waals surface area contributed by atoms with E-state index in [-0.39, 0.29) is 11.3 Å². The van der Waals surface area contributed by atoms with Gasteiger partial charge in [-0.15, -0.1) is 0 Å². The van der Waals surface area contributed by atoms with Gasteiger partial charge in [-0.3, -0.25) is 4.79 Å². The molecular formula is C18H18FNO4. The Morgan fingerprint density at radius 1 is 1.12 bits per heavy atom. The van der Waals surface area contributed by atoms with Gasteiger partial charge < -0.3 is 14.4 Å². The molecule has 6 heteroatoms. The summed E-state index contributed by atoms with van der Waals surface area (Å²) in [5.74, 6) is -1.50. The summed E-state index contributed by atoms with van der Waals surface area (Å²) in [6.45, 7) is -0.495. The summed E-state index contributed by atoms with van der Waals surface area (Å²) in [5, 5.41) is 0. The molecule has 0 amide bonds. The van der Waals surface area contributed by atoms with E-state index in [1.165, 1.54) is 19.2 Å². The molecule has 126 valence electrons. The molecule has 2 rings (SSSR count). The largest absolute Gasteiger partial charge is 0.496 e. The minimum atomic E-state index is -0.623.